The van der Waals surface area contributed by atoms with Crippen molar-refractivity contribution in [3.8, 4) is 11.1 Å². The van der Waals surface area contributed by atoms with Gasteiger partial charge in [0.2, 0.25) is 0 Å². The van der Waals surface area contributed by atoms with E-state index in [0.29, 0.717) is 29.1 Å². The molecule has 6 nitrogen and oxygen atoms in total. The van der Waals surface area contributed by atoms with Crippen LogP contribution in [-0.4, -0.2) is 47.9 Å². The van der Waals surface area contributed by atoms with Crippen molar-refractivity contribution in [2.45, 2.75) is 20.8 Å². The van der Waals surface area contributed by atoms with E-state index in [1.807, 2.05) is 25.1 Å². The van der Waals surface area contributed by atoms with Crippen LogP contribution < -0.4 is 10.6 Å². The van der Waals surface area contributed by atoms with Crippen LogP contribution in [0, 0.1) is 12.7 Å². The minimum absolute atomic E-state index is 0.145. The van der Waals surface area contributed by atoms with Gasteiger partial charge in [-0.2, -0.15) is 0 Å². The van der Waals surface area contributed by atoms with Gasteiger partial charge in [0.05, 0.1) is 11.1 Å². The van der Waals surface area contributed by atoms with Gasteiger partial charge in [0.15, 0.2) is 0 Å². The fourth-order valence-corrected chi connectivity index (χ4v) is 4.26. The Morgan fingerprint density at radius 3 is 2.56 bits per heavy atom. The number of amides is 2. The highest BCUT2D eigenvalue weighted by Gasteiger charge is 2.28. The summed E-state index contributed by atoms with van der Waals surface area (Å²) in [4.78, 5) is 31.0. The number of likely N-dealkylation sites (N-methyl/N-ethyl adjacent to an activating group) is 1. The number of anilines is 1. The standard InChI is InChI=1S/C27H29FN4O2/c1-4-32(5-2)14-13-29-26(33)22-16-30-24(17(22)3)15-21-25-20(18-9-11-19(28)12-10-18)7-6-8-23(25)31-27(21)34/h6-12,15-16,30H,4-5,13-14H2,1-3H3,(H,29,33)(H,31,34)/b21-15-. The summed E-state index contributed by atoms with van der Waals surface area (Å²) < 4.78 is 13.5. The first-order chi connectivity index (χ1) is 16.4. The number of aromatic nitrogens is 1. The number of carbonyl (C=O) groups excluding carboxylic acids is 2. The fraction of sp³-hybridized carbons (Fsp3) is 0.259. The zero-order valence-corrected chi connectivity index (χ0v) is 19.7. The number of aromatic amines is 1. The Morgan fingerprint density at radius 1 is 1.12 bits per heavy atom. The molecule has 0 radical (unpaired) electrons. The molecule has 0 aliphatic carbocycles. The van der Waals surface area contributed by atoms with Crippen molar-refractivity contribution in [2.75, 3.05) is 31.5 Å². The summed E-state index contributed by atoms with van der Waals surface area (Å²) in [7, 11) is 0. The number of hydrogen-bond donors (Lipinski definition) is 3. The number of benzene rings is 2. The van der Waals surface area contributed by atoms with E-state index in [1.165, 1.54) is 12.1 Å². The minimum Gasteiger partial charge on any atom is -0.361 e. The molecule has 1 aromatic heterocycles. The van der Waals surface area contributed by atoms with E-state index in [9.17, 15) is 14.0 Å². The topological polar surface area (TPSA) is 77.2 Å². The highest BCUT2D eigenvalue weighted by Crippen LogP contribution is 2.40. The Hall–Kier alpha value is -3.71. The molecule has 2 heterocycles. The lowest BCUT2D eigenvalue weighted by Gasteiger charge is -2.17. The summed E-state index contributed by atoms with van der Waals surface area (Å²) in [6, 6.07) is 11.8. The molecule has 0 saturated heterocycles. The fourth-order valence-electron chi connectivity index (χ4n) is 4.26. The van der Waals surface area contributed by atoms with Gasteiger partial charge in [-0.05, 0) is 61.0 Å². The van der Waals surface area contributed by atoms with Crippen LogP contribution in [0.15, 0.2) is 48.7 Å². The molecule has 1 aliphatic heterocycles. The van der Waals surface area contributed by atoms with Gasteiger partial charge in [-0.3, -0.25) is 9.59 Å². The van der Waals surface area contributed by atoms with Crippen LogP contribution in [0.2, 0.25) is 0 Å². The maximum Gasteiger partial charge on any atom is 0.256 e. The van der Waals surface area contributed by atoms with Gasteiger partial charge in [-0.25, -0.2) is 4.39 Å². The van der Waals surface area contributed by atoms with E-state index in [0.717, 1.165) is 41.9 Å². The largest absolute Gasteiger partial charge is 0.361 e. The maximum atomic E-state index is 13.5. The monoisotopic (exact) mass is 460 g/mol. The first kappa shape index (κ1) is 23.4. The Bertz CT molecular complexity index is 1240. The van der Waals surface area contributed by atoms with E-state index in [4.69, 9.17) is 0 Å². The quantitative estimate of drug-likeness (QED) is 0.427. The molecular formula is C27H29FN4O2. The maximum absolute atomic E-state index is 13.5. The zero-order chi connectivity index (χ0) is 24.2. The third-order valence-electron chi connectivity index (χ3n) is 6.30. The molecule has 0 saturated carbocycles. The number of hydrogen-bond acceptors (Lipinski definition) is 3. The second-order valence-electron chi connectivity index (χ2n) is 8.27. The number of nitrogens with zero attached hydrogens (tertiary/aromatic N) is 1. The number of fused-ring (bicyclic) bond motifs is 1. The number of H-pyrrole nitrogens is 1. The molecule has 0 atom stereocenters. The molecule has 7 heteroatoms. The lowest BCUT2D eigenvalue weighted by Crippen LogP contribution is -2.34. The number of nitrogens with one attached hydrogen (secondary N) is 3. The van der Waals surface area contributed by atoms with Crippen molar-refractivity contribution >= 4 is 29.2 Å². The molecule has 0 bridgehead atoms. The van der Waals surface area contributed by atoms with Crippen LogP contribution >= 0.6 is 0 Å². The van der Waals surface area contributed by atoms with Gasteiger partial charge in [0.1, 0.15) is 5.82 Å². The molecule has 1 aliphatic rings. The summed E-state index contributed by atoms with van der Waals surface area (Å²) in [5.74, 6) is -0.677. The SMILES string of the molecule is CCN(CC)CCNC(=O)c1c[nH]c(/C=C2\C(=O)Nc3cccc(-c4ccc(F)cc4)c32)c1C. The van der Waals surface area contributed by atoms with Crippen LogP contribution in [0.1, 0.15) is 41.0 Å². The van der Waals surface area contributed by atoms with E-state index >= 15 is 0 Å². The molecule has 3 N–H and O–H groups in total. The van der Waals surface area contributed by atoms with Crippen molar-refractivity contribution in [3.63, 3.8) is 0 Å². The molecule has 2 amide bonds. The average Bonchev–Trinajstić information content (AvgIpc) is 3.36. The normalized spacial score (nSPS) is 13.9. The Morgan fingerprint density at radius 2 is 1.85 bits per heavy atom. The molecule has 4 rings (SSSR count). The first-order valence-electron chi connectivity index (χ1n) is 11.5. The highest BCUT2D eigenvalue weighted by atomic mass is 19.1. The van der Waals surface area contributed by atoms with Gasteiger partial charge in [0, 0.05) is 36.2 Å². The van der Waals surface area contributed by atoms with Crippen molar-refractivity contribution in [1.29, 1.82) is 0 Å². The summed E-state index contributed by atoms with van der Waals surface area (Å²) in [5.41, 5.74) is 5.63. The van der Waals surface area contributed by atoms with Crippen molar-refractivity contribution < 1.29 is 14.0 Å². The minimum atomic E-state index is -0.314. The first-order valence-corrected chi connectivity index (χ1v) is 11.5. The second-order valence-corrected chi connectivity index (χ2v) is 8.27. The summed E-state index contributed by atoms with van der Waals surface area (Å²) >= 11 is 0. The van der Waals surface area contributed by atoms with Crippen LogP contribution in [0.3, 0.4) is 0 Å². The van der Waals surface area contributed by atoms with E-state index in [1.54, 1.807) is 24.4 Å². The molecule has 0 unspecified atom stereocenters. The average molecular weight is 461 g/mol. The molecule has 34 heavy (non-hydrogen) atoms. The van der Waals surface area contributed by atoms with Crippen LogP contribution in [-0.2, 0) is 4.79 Å². The Labute approximate surface area is 198 Å². The number of rotatable bonds is 8. The van der Waals surface area contributed by atoms with E-state index in [-0.39, 0.29) is 17.6 Å². The molecule has 176 valence electrons. The highest BCUT2D eigenvalue weighted by molar-refractivity contribution is 6.36. The lowest BCUT2D eigenvalue weighted by atomic mass is 9.94. The smallest absolute Gasteiger partial charge is 0.256 e. The van der Waals surface area contributed by atoms with Gasteiger partial charge in [-0.15, -0.1) is 0 Å². The lowest BCUT2D eigenvalue weighted by molar-refractivity contribution is -0.110. The van der Waals surface area contributed by atoms with Crippen molar-refractivity contribution in [3.05, 3.63) is 76.9 Å². The third-order valence-corrected chi connectivity index (χ3v) is 6.30. The zero-order valence-electron chi connectivity index (χ0n) is 19.7. The second kappa shape index (κ2) is 10.1. The van der Waals surface area contributed by atoms with Crippen LogP contribution in [0.5, 0.6) is 0 Å². The van der Waals surface area contributed by atoms with Crippen LogP contribution in [0.4, 0.5) is 10.1 Å². The van der Waals surface area contributed by atoms with Crippen molar-refractivity contribution in [2.24, 2.45) is 0 Å². The molecule has 3 aromatic rings. The predicted octanol–water partition coefficient (Wildman–Crippen LogP) is 4.69. The van der Waals surface area contributed by atoms with Crippen molar-refractivity contribution in [1.82, 2.24) is 15.2 Å². The third kappa shape index (κ3) is 4.65. The van der Waals surface area contributed by atoms with E-state index < -0.39 is 0 Å². The van der Waals surface area contributed by atoms with Gasteiger partial charge in [-0.1, -0.05) is 38.1 Å². The van der Waals surface area contributed by atoms with E-state index in [2.05, 4.69) is 34.4 Å². The van der Waals surface area contributed by atoms with Gasteiger partial charge >= 0.3 is 0 Å². The van der Waals surface area contributed by atoms with Gasteiger partial charge in [0.25, 0.3) is 11.8 Å². The number of halogens is 1. The van der Waals surface area contributed by atoms with Crippen LogP contribution in [0.25, 0.3) is 22.8 Å². The predicted molar refractivity (Wildman–Crippen MR) is 134 cm³/mol. The van der Waals surface area contributed by atoms with Gasteiger partial charge < -0.3 is 20.5 Å². The summed E-state index contributed by atoms with van der Waals surface area (Å²) in [5, 5.41) is 5.88. The Balaban J connectivity index is 1.62. The molecule has 0 fully saturated rings. The Kier molecular flexibility index (Phi) is 6.93. The molecule has 2 aromatic carbocycles. The summed E-state index contributed by atoms with van der Waals surface area (Å²) in [6.07, 6.45) is 3.45. The number of carbonyl (C=O) groups is 2. The summed E-state index contributed by atoms with van der Waals surface area (Å²) in [6.45, 7) is 9.30. The molecular weight excluding hydrogens is 431 g/mol. The molecule has 0 spiro atoms.